The van der Waals surface area contributed by atoms with Crippen molar-refractivity contribution in [1.82, 2.24) is 14.9 Å². The van der Waals surface area contributed by atoms with E-state index < -0.39 is 24.0 Å². The summed E-state index contributed by atoms with van der Waals surface area (Å²) in [5.74, 6) is -1.99. The largest absolute Gasteiger partial charge is 0.480 e. The SMILES string of the molecule is CC(C)C[C@H](NC(Cc1cncn1Cc1ccc(Br)cc1)C(=O)O)C(=O)O. The first-order valence-electron chi connectivity index (χ1n) is 8.71. The van der Waals surface area contributed by atoms with Crippen molar-refractivity contribution in [1.29, 1.82) is 0 Å². The monoisotopic (exact) mass is 437 g/mol. The molecule has 3 N–H and O–H groups in total. The van der Waals surface area contributed by atoms with Crippen LogP contribution in [0, 0.1) is 5.92 Å². The van der Waals surface area contributed by atoms with Crippen molar-refractivity contribution in [3.63, 3.8) is 0 Å². The average Bonchev–Trinajstić information content (AvgIpc) is 3.01. The van der Waals surface area contributed by atoms with Gasteiger partial charge in [-0.3, -0.25) is 14.9 Å². The highest BCUT2D eigenvalue weighted by Crippen LogP contribution is 2.14. The topological polar surface area (TPSA) is 104 Å². The molecule has 0 aliphatic heterocycles. The number of carboxylic acids is 2. The molecule has 2 atom stereocenters. The Morgan fingerprint density at radius 2 is 1.78 bits per heavy atom. The minimum absolute atomic E-state index is 0.135. The lowest BCUT2D eigenvalue weighted by molar-refractivity contribution is -0.142. The number of halogens is 1. The van der Waals surface area contributed by atoms with Gasteiger partial charge in [0.05, 0.1) is 6.33 Å². The quantitative estimate of drug-likeness (QED) is 0.527. The highest BCUT2D eigenvalue weighted by Gasteiger charge is 2.27. The van der Waals surface area contributed by atoms with Crippen LogP contribution in [0.25, 0.3) is 0 Å². The number of carbonyl (C=O) groups is 2. The van der Waals surface area contributed by atoms with E-state index in [9.17, 15) is 19.8 Å². The molecule has 1 heterocycles. The van der Waals surface area contributed by atoms with Crippen LogP contribution in [-0.4, -0.2) is 43.8 Å². The number of hydrogen-bond acceptors (Lipinski definition) is 4. The fourth-order valence-corrected chi connectivity index (χ4v) is 3.09. The Kier molecular flexibility index (Phi) is 7.55. The molecule has 0 radical (unpaired) electrons. The summed E-state index contributed by atoms with van der Waals surface area (Å²) in [6.07, 6.45) is 3.78. The summed E-state index contributed by atoms with van der Waals surface area (Å²) in [6.45, 7) is 4.37. The third-order valence-corrected chi connectivity index (χ3v) is 4.71. The predicted molar refractivity (Wildman–Crippen MR) is 105 cm³/mol. The Balaban J connectivity index is 2.12. The second-order valence-electron chi connectivity index (χ2n) is 6.92. The molecule has 27 heavy (non-hydrogen) atoms. The van der Waals surface area contributed by atoms with Gasteiger partial charge in [-0.15, -0.1) is 0 Å². The Labute approximate surface area is 166 Å². The molecule has 8 heteroatoms. The summed E-state index contributed by atoms with van der Waals surface area (Å²) < 4.78 is 2.86. The van der Waals surface area contributed by atoms with E-state index >= 15 is 0 Å². The highest BCUT2D eigenvalue weighted by molar-refractivity contribution is 9.10. The average molecular weight is 438 g/mol. The van der Waals surface area contributed by atoms with Crippen LogP contribution in [0.2, 0.25) is 0 Å². The Hall–Kier alpha value is -2.19. The number of aromatic nitrogens is 2. The van der Waals surface area contributed by atoms with Crippen LogP contribution in [0.4, 0.5) is 0 Å². The van der Waals surface area contributed by atoms with Gasteiger partial charge in [0.15, 0.2) is 0 Å². The predicted octanol–water partition coefficient (Wildman–Crippen LogP) is 2.78. The van der Waals surface area contributed by atoms with Crippen LogP contribution >= 0.6 is 15.9 Å². The molecule has 2 rings (SSSR count). The molecular weight excluding hydrogens is 414 g/mol. The van der Waals surface area contributed by atoms with Crippen LogP contribution in [0.15, 0.2) is 41.3 Å². The first-order chi connectivity index (χ1) is 12.8. The minimum Gasteiger partial charge on any atom is -0.480 e. The number of hydrogen-bond donors (Lipinski definition) is 3. The smallest absolute Gasteiger partial charge is 0.321 e. The van der Waals surface area contributed by atoms with Gasteiger partial charge in [-0.05, 0) is 30.0 Å². The summed E-state index contributed by atoms with van der Waals surface area (Å²) in [5, 5.41) is 21.7. The number of nitrogens with one attached hydrogen (secondary N) is 1. The van der Waals surface area contributed by atoms with Gasteiger partial charge in [0.25, 0.3) is 0 Å². The summed E-state index contributed by atoms with van der Waals surface area (Å²) in [4.78, 5) is 27.3. The number of rotatable bonds is 10. The maximum Gasteiger partial charge on any atom is 0.321 e. The van der Waals surface area contributed by atoms with Crippen LogP contribution in [-0.2, 0) is 22.6 Å². The van der Waals surface area contributed by atoms with E-state index in [-0.39, 0.29) is 12.3 Å². The fourth-order valence-electron chi connectivity index (χ4n) is 2.83. The first kappa shape index (κ1) is 21.1. The van der Waals surface area contributed by atoms with E-state index in [1.165, 1.54) is 0 Å². The number of imidazole rings is 1. The number of nitrogens with zero attached hydrogens (tertiary/aromatic N) is 2. The molecule has 0 amide bonds. The maximum absolute atomic E-state index is 11.7. The van der Waals surface area contributed by atoms with Gasteiger partial charge in [-0.1, -0.05) is 41.9 Å². The molecule has 0 bridgehead atoms. The molecule has 2 aromatic rings. The van der Waals surface area contributed by atoms with Crippen molar-refractivity contribution in [3.8, 4) is 0 Å². The zero-order valence-corrected chi connectivity index (χ0v) is 16.9. The lowest BCUT2D eigenvalue weighted by atomic mass is 10.0. The third-order valence-electron chi connectivity index (χ3n) is 4.18. The second-order valence-corrected chi connectivity index (χ2v) is 7.84. The molecule has 1 aromatic carbocycles. The van der Waals surface area contributed by atoms with Gasteiger partial charge >= 0.3 is 11.9 Å². The third kappa shape index (κ3) is 6.48. The van der Waals surface area contributed by atoms with Crippen molar-refractivity contribution in [3.05, 3.63) is 52.5 Å². The zero-order valence-electron chi connectivity index (χ0n) is 15.3. The summed E-state index contributed by atoms with van der Waals surface area (Å²) in [5.41, 5.74) is 1.78. The molecular formula is C19H24BrN3O4. The van der Waals surface area contributed by atoms with Crippen molar-refractivity contribution in [2.24, 2.45) is 5.92 Å². The van der Waals surface area contributed by atoms with Crippen LogP contribution < -0.4 is 5.32 Å². The molecule has 146 valence electrons. The van der Waals surface area contributed by atoms with E-state index in [0.717, 1.165) is 15.7 Å². The Morgan fingerprint density at radius 3 is 2.33 bits per heavy atom. The fraction of sp³-hybridized carbons (Fsp3) is 0.421. The minimum atomic E-state index is -1.08. The Bertz CT molecular complexity index is 774. The van der Waals surface area contributed by atoms with E-state index in [2.05, 4.69) is 26.2 Å². The Morgan fingerprint density at radius 1 is 1.15 bits per heavy atom. The summed E-state index contributed by atoms with van der Waals surface area (Å²) >= 11 is 3.40. The van der Waals surface area contributed by atoms with Gasteiger partial charge < -0.3 is 14.8 Å². The van der Waals surface area contributed by atoms with E-state index in [0.29, 0.717) is 13.0 Å². The molecule has 1 aromatic heterocycles. The molecule has 0 aliphatic carbocycles. The second kappa shape index (κ2) is 9.66. The molecule has 7 nitrogen and oxygen atoms in total. The molecule has 0 fully saturated rings. The first-order valence-corrected chi connectivity index (χ1v) is 9.50. The van der Waals surface area contributed by atoms with Crippen molar-refractivity contribution >= 4 is 27.9 Å². The molecule has 0 saturated carbocycles. The molecule has 0 aliphatic rings. The van der Waals surface area contributed by atoms with Crippen molar-refractivity contribution < 1.29 is 19.8 Å². The van der Waals surface area contributed by atoms with Gasteiger partial charge in [0.2, 0.25) is 0 Å². The standard InChI is InChI=1S/C19H24BrN3O4/c1-12(2)7-16(18(24)25)22-17(19(26)27)8-15-9-21-11-23(15)10-13-3-5-14(20)6-4-13/h3-6,9,11-12,16-17,22H,7-8,10H2,1-2H3,(H,24,25)(H,26,27)/t16-,17?/m0/s1. The van der Waals surface area contributed by atoms with Crippen LogP contribution in [0.1, 0.15) is 31.5 Å². The van der Waals surface area contributed by atoms with Gasteiger partial charge in [-0.25, -0.2) is 4.98 Å². The maximum atomic E-state index is 11.7. The van der Waals surface area contributed by atoms with E-state index in [1.54, 1.807) is 12.5 Å². The van der Waals surface area contributed by atoms with Crippen LogP contribution in [0.5, 0.6) is 0 Å². The summed E-state index contributed by atoms with van der Waals surface area (Å²) in [6, 6.07) is 5.92. The van der Waals surface area contributed by atoms with Gasteiger partial charge in [0.1, 0.15) is 12.1 Å². The van der Waals surface area contributed by atoms with Crippen molar-refractivity contribution in [2.45, 2.75) is 45.3 Å². The van der Waals surface area contributed by atoms with E-state index in [1.807, 2.05) is 42.7 Å². The lowest BCUT2D eigenvalue weighted by Gasteiger charge is -2.22. The van der Waals surface area contributed by atoms with Gasteiger partial charge in [0, 0.05) is 29.3 Å². The molecule has 0 saturated heterocycles. The van der Waals surface area contributed by atoms with E-state index in [4.69, 9.17) is 0 Å². The normalized spacial score (nSPS) is 13.5. The zero-order chi connectivity index (χ0) is 20.0. The number of benzene rings is 1. The summed E-state index contributed by atoms with van der Waals surface area (Å²) in [7, 11) is 0. The lowest BCUT2D eigenvalue weighted by Crippen LogP contribution is -2.49. The number of carboxylic acid groups (broad SMARTS) is 2. The number of aliphatic carboxylic acids is 2. The van der Waals surface area contributed by atoms with Crippen LogP contribution in [0.3, 0.4) is 0 Å². The molecule has 0 spiro atoms. The van der Waals surface area contributed by atoms with Gasteiger partial charge in [-0.2, -0.15) is 0 Å². The van der Waals surface area contributed by atoms with Crippen molar-refractivity contribution in [2.75, 3.05) is 0 Å². The molecule has 1 unspecified atom stereocenters. The highest BCUT2D eigenvalue weighted by atomic mass is 79.9.